The van der Waals surface area contributed by atoms with Gasteiger partial charge in [0.15, 0.2) is 12.4 Å². The summed E-state index contributed by atoms with van der Waals surface area (Å²) >= 11 is 0. The number of benzene rings is 1. The van der Waals surface area contributed by atoms with E-state index in [2.05, 4.69) is 38.2 Å². The van der Waals surface area contributed by atoms with Crippen molar-refractivity contribution < 1.29 is 38.9 Å². The van der Waals surface area contributed by atoms with Gasteiger partial charge in [0, 0.05) is 36.8 Å². The molecule has 1 aromatic carbocycles. The molecule has 0 bridgehead atoms. The number of nitrogens with one attached hydrogen (secondary N) is 1. The van der Waals surface area contributed by atoms with Crippen LogP contribution in [0.3, 0.4) is 0 Å². The van der Waals surface area contributed by atoms with Gasteiger partial charge < -0.3 is 25.0 Å². The average Bonchev–Trinajstić information content (AvgIpc) is 3.33. The molecule has 49 heavy (non-hydrogen) atoms. The Kier molecular flexibility index (Phi) is 9.79. The highest BCUT2D eigenvalue weighted by molar-refractivity contribution is 5.92. The van der Waals surface area contributed by atoms with Crippen LogP contribution < -0.4 is 5.32 Å². The molecule has 1 aromatic rings. The number of rotatable bonds is 10. The van der Waals surface area contributed by atoms with E-state index in [0.29, 0.717) is 26.0 Å². The zero-order chi connectivity index (χ0) is 35.2. The predicted molar refractivity (Wildman–Crippen MR) is 183 cm³/mol. The van der Waals surface area contributed by atoms with Gasteiger partial charge in [0.25, 0.3) is 0 Å². The monoisotopic (exact) mass is 677 g/mol. The molecule has 3 saturated carbocycles. The average molecular weight is 678 g/mol. The van der Waals surface area contributed by atoms with E-state index in [0.717, 1.165) is 44.1 Å². The van der Waals surface area contributed by atoms with E-state index < -0.39 is 35.5 Å². The fourth-order valence-electron chi connectivity index (χ4n) is 11.1. The van der Waals surface area contributed by atoms with E-state index in [1.807, 2.05) is 25.1 Å². The minimum Gasteiger partial charge on any atom is -0.458 e. The molecule has 4 fully saturated rings. The van der Waals surface area contributed by atoms with E-state index in [-0.39, 0.29) is 71.6 Å². The fourth-order valence-corrected chi connectivity index (χ4v) is 11.1. The molecule has 0 unspecified atom stereocenters. The first-order valence-corrected chi connectivity index (χ1v) is 18.4. The van der Waals surface area contributed by atoms with Crippen molar-refractivity contribution in [3.63, 3.8) is 0 Å². The molecule has 6 rings (SSSR count). The number of carbonyl (C=O) groups excluding carboxylic acids is 4. The van der Waals surface area contributed by atoms with Gasteiger partial charge in [-0.25, -0.2) is 0 Å². The van der Waals surface area contributed by atoms with Gasteiger partial charge in [-0.1, -0.05) is 49.8 Å². The van der Waals surface area contributed by atoms with Crippen molar-refractivity contribution in [3.8, 4) is 0 Å². The quantitative estimate of drug-likeness (QED) is 0.289. The maximum atomic E-state index is 13.6. The minimum absolute atomic E-state index is 0.0208. The number of esters is 1. The van der Waals surface area contributed by atoms with Crippen LogP contribution in [0.2, 0.25) is 0 Å². The summed E-state index contributed by atoms with van der Waals surface area (Å²) in [4.78, 5) is 51.2. The molecule has 5 aliphatic rings. The lowest BCUT2D eigenvalue weighted by molar-refractivity contribution is -0.184. The van der Waals surface area contributed by atoms with E-state index in [1.165, 1.54) is 5.56 Å². The molecule has 0 radical (unpaired) electrons. The zero-order valence-corrected chi connectivity index (χ0v) is 29.7. The van der Waals surface area contributed by atoms with Crippen molar-refractivity contribution in [2.75, 3.05) is 19.8 Å². The molecule has 0 aromatic heterocycles. The molecule has 268 valence electrons. The van der Waals surface area contributed by atoms with Gasteiger partial charge in [-0.3, -0.25) is 19.2 Å². The second-order valence-electron chi connectivity index (χ2n) is 16.8. The van der Waals surface area contributed by atoms with Crippen LogP contribution >= 0.6 is 0 Å². The number of amides is 1. The molecule has 9 nitrogen and oxygen atoms in total. The highest BCUT2D eigenvalue weighted by Crippen LogP contribution is 2.67. The SMILES string of the molecule is CC1(C)C[C@](CCNC(=O)CCC(=O)OCC(=O)[C@@]2(O)CC[C@H]3[C@@H]4CCC5=CC(=O)CC[C@]5(C)[C@H]4[C@@H](O)C[C@@]32C)(c2ccccc2)CCO1. The second kappa shape index (κ2) is 13.3. The summed E-state index contributed by atoms with van der Waals surface area (Å²) in [6, 6.07) is 10.4. The molecule has 1 aliphatic heterocycles. The highest BCUT2D eigenvalue weighted by atomic mass is 16.5. The number of aliphatic hydroxyl groups excluding tert-OH is 1. The van der Waals surface area contributed by atoms with E-state index in [9.17, 15) is 29.4 Å². The molecule has 0 spiro atoms. The lowest BCUT2D eigenvalue weighted by Gasteiger charge is -2.60. The lowest BCUT2D eigenvalue weighted by Crippen LogP contribution is -2.62. The Morgan fingerprint density at radius 1 is 1.00 bits per heavy atom. The molecule has 9 heteroatoms. The van der Waals surface area contributed by atoms with Gasteiger partial charge >= 0.3 is 5.97 Å². The third kappa shape index (κ3) is 6.56. The Morgan fingerprint density at radius 3 is 2.49 bits per heavy atom. The lowest BCUT2D eigenvalue weighted by atomic mass is 9.45. The van der Waals surface area contributed by atoms with Crippen molar-refractivity contribution in [1.82, 2.24) is 5.32 Å². The molecule has 1 amide bonds. The normalized spacial score (nSPS) is 38.0. The van der Waals surface area contributed by atoms with Crippen LogP contribution in [-0.2, 0) is 34.1 Å². The van der Waals surface area contributed by atoms with Gasteiger partial charge in [0.2, 0.25) is 11.7 Å². The number of Topliss-reactive ketones (excluding diaryl/α,β-unsaturated/α-hetero) is 1. The fraction of sp³-hybridized carbons (Fsp3) is 0.700. The molecular weight excluding hydrogens is 622 g/mol. The maximum Gasteiger partial charge on any atom is 0.306 e. The summed E-state index contributed by atoms with van der Waals surface area (Å²) in [6.07, 6.45) is 7.32. The number of fused-ring (bicyclic) bond motifs is 5. The number of hydrogen-bond acceptors (Lipinski definition) is 8. The largest absolute Gasteiger partial charge is 0.458 e. The number of ketones is 2. The minimum atomic E-state index is -1.71. The van der Waals surface area contributed by atoms with Crippen LogP contribution in [0.4, 0.5) is 0 Å². The Balaban J connectivity index is 0.999. The summed E-state index contributed by atoms with van der Waals surface area (Å²) in [5, 5.41) is 26.5. The molecular formula is C40H55NO8. The summed E-state index contributed by atoms with van der Waals surface area (Å²) in [6.45, 7) is 8.84. The predicted octanol–water partition coefficient (Wildman–Crippen LogP) is 5.15. The molecule has 4 aliphatic carbocycles. The smallest absolute Gasteiger partial charge is 0.306 e. The van der Waals surface area contributed by atoms with Crippen LogP contribution in [0.25, 0.3) is 0 Å². The van der Waals surface area contributed by atoms with E-state index >= 15 is 0 Å². The van der Waals surface area contributed by atoms with Crippen molar-refractivity contribution in [3.05, 3.63) is 47.5 Å². The summed E-state index contributed by atoms with van der Waals surface area (Å²) in [5.74, 6) is -1.15. The molecule has 3 N–H and O–H groups in total. The van der Waals surface area contributed by atoms with Crippen molar-refractivity contribution in [1.29, 1.82) is 0 Å². The summed E-state index contributed by atoms with van der Waals surface area (Å²) in [5.41, 5.74) is -0.833. The molecule has 8 atom stereocenters. The number of hydrogen-bond donors (Lipinski definition) is 3. The number of carbonyl (C=O) groups is 4. The van der Waals surface area contributed by atoms with Gasteiger partial charge in [-0.05, 0) is 106 Å². The van der Waals surface area contributed by atoms with Crippen LogP contribution in [0.1, 0.15) is 110 Å². The Bertz CT molecular complexity index is 1490. The third-order valence-electron chi connectivity index (χ3n) is 13.6. The Labute approximate surface area is 290 Å². The third-order valence-corrected chi connectivity index (χ3v) is 13.6. The molecule has 1 heterocycles. The zero-order valence-electron chi connectivity index (χ0n) is 29.7. The van der Waals surface area contributed by atoms with Gasteiger partial charge in [0.1, 0.15) is 5.60 Å². The van der Waals surface area contributed by atoms with Crippen molar-refractivity contribution >= 4 is 23.4 Å². The first kappa shape index (κ1) is 35.9. The second-order valence-corrected chi connectivity index (χ2v) is 16.8. The Morgan fingerprint density at radius 2 is 1.76 bits per heavy atom. The summed E-state index contributed by atoms with van der Waals surface area (Å²) in [7, 11) is 0. The van der Waals surface area contributed by atoms with Gasteiger partial charge in [-0.2, -0.15) is 0 Å². The first-order chi connectivity index (χ1) is 23.1. The van der Waals surface area contributed by atoms with Crippen LogP contribution in [-0.4, -0.2) is 70.7 Å². The number of aliphatic hydroxyl groups is 2. The van der Waals surface area contributed by atoms with Crippen LogP contribution in [0.15, 0.2) is 42.0 Å². The molecule has 1 saturated heterocycles. The van der Waals surface area contributed by atoms with E-state index in [1.54, 1.807) is 6.08 Å². The standard InChI is InChI=1S/C40H55NO8/c1-36(2)25-39(19-21-49-36,26-8-6-5-7-9-26)18-20-41-33(45)12-13-34(46)48-24-32(44)40(47)17-15-30-29-11-10-27-22-28(42)14-16-37(27,3)35(29)31(43)23-38(30,40)4/h5-9,22,29-31,35,43,47H,10-21,23-25H2,1-4H3,(H,41,45)/t29-,30-,31-,35+,37-,38-,39+,40-/m0/s1. The first-order valence-electron chi connectivity index (χ1n) is 18.4. The van der Waals surface area contributed by atoms with E-state index in [4.69, 9.17) is 9.47 Å². The van der Waals surface area contributed by atoms with Crippen molar-refractivity contribution in [2.45, 2.75) is 127 Å². The highest BCUT2D eigenvalue weighted by Gasteiger charge is 2.68. The van der Waals surface area contributed by atoms with Crippen molar-refractivity contribution in [2.24, 2.45) is 28.6 Å². The van der Waals surface area contributed by atoms with Gasteiger partial charge in [0.05, 0.1) is 18.1 Å². The van der Waals surface area contributed by atoms with Crippen LogP contribution in [0, 0.1) is 28.6 Å². The maximum absolute atomic E-state index is 13.6. The van der Waals surface area contributed by atoms with Crippen LogP contribution in [0.5, 0.6) is 0 Å². The number of ether oxygens (including phenoxy) is 2. The number of allylic oxidation sites excluding steroid dienone is 1. The van der Waals surface area contributed by atoms with Gasteiger partial charge in [-0.15, -0.1) is 0 Å². The summed E-state index contributed by atoms with van der Waals surface area (Å²) < 4.78 is 11.3. The Hall–Kier alpha value is -2.88. The topological polar surface area (TPSA) is 139 Å².